The summed E-state index contributed by atoms with van der Waals surface area (Å²) in [5.41, 5.74) is 0.677. The highest BCUT2D eigenvalue weighted by molar-refractivity contribution is 5.94. The minimum absolute atomic E-state index is 0.0119. The number of rotatable bonds is 5. The van der Waals surface area contributed by atoms with Gasteiger partial charge in [0.1, 0.15) is 0 Å². The van der Waals surface area contributed by atoms with Gasteiger partial charge in [0.25, 0.3) is 5.91 Å². The van der Waals surface area contributed by atoms with Gasteiger partial charge in [0.15, 0.2) is 0 Å². The van der Waals surface area contributed by atoms with E-state index in [1.807, 2.05) is 12.1 Å². The SMILES string of the molecule is O=C(NCC#Cc1cccc(C(F)(F)F)c1)c1ccc(CNC(=O)C23CC4CC(CC(C4)C2)C3)cc1. The van der Waals surface area contributed by atoms with Crippen LogP contribution in [0.4, 0.5) is 13.2 Å². The van der Waals surface area contributed by atoms with E-state index in [0.717, 1.165) is 54.7 Å². The predicted octanol–water partition coefficient (Wildman–Crippen LogP) is 5.32. The molecule has 4 bridgehead atoms. The molecule has 2 aromatic rings. The van der Waals surface area contributed by atoms with E-state index >= 15 is 0 Å². The molecule has 0 heterocycles. The van der Waals surface area contributed by atoms with Gasteiger partial charge in [-0.05, 0) is 92.2 Å². The van der Waals surface area contributed by atoms with E-state index in [0.29, 0.717) is 12.1 Å². The second-order valence-electron chi connectivity index (χ2n) is 10.6. The summed E-state index contributed by atoms with van der Waals surface area (Å²) in [5.74, 6) is 7.34. The summed E-state index contributed by atoms with van der Waals surface area (Å²) in [7, 11) is 0. The predicted molar refractivity (Wildman–Crippen MR) is 130 cm³/mol. The van der Waals surface area contributed by atoms with Gasteiger partial charge in [0.2, 0.25) is 5.91 Å². The summed E-state index contributed by atoms with van der Waals surface area (Å²) in [6, 6.07) is 11.8. The van der Waals surface area contributed by atoms with E-state index in [4.69, 9.17) is 0 Å². The van der Waals surface area contributed by atoms with Crippen LogP contribution in [-0.2, 0) is 17.5 Å². The molecule has 2 amide bonds. The lowest BCUT2D eigenvalue weighted by atomic mass is 9.49. The Morgan fingerprint density at radius 1 is 0.917 bits per heavy atom. The summed E-state index contributed by atoms with van der Waals surface area (Å²) >= 11 is 0. The van der Waals surface area contributed by atoms with Gasteiger partial charge in [-0.25, -0.2) is 0 Å². The van der Waals surface area contributed by atoms with Crippen LogP contribution in [-0.4, -0.2) is 18.4 Å². The lowest BCUT2D eigenvalue weighted by molar-refractivity contribution is -0.146. The highest BCUT2D eigenvalue weighted by Crippen LogP contribution is 2.60. The maximum absolute atomic E-state index is 13.1. The molecule has 0 unspecified atom stereocenters. The fourth-order valence-electron chi connectivity index (χ4n) is 6.68. The first-order chi connectivity index (χ1) is 17.2. The fourth-order valence-corrected chi connectivity index (χ4v) is 6.68. The van der Waals surface area contributed by atoms with Gasteiger partial charge in [-0.3, -0.25) is 9.59 Å². The van der Waals surface area contributed by atoms with Crippen molar-refractivity contribution < 1.29 is 22.8 Å². The number of benzene rings is 2. The van der Waals surface area contributed by atoms with Crippen molar-refractivity contribution in [2.24, 2.45) is 23.2 Å². The van der Waals surface area contributed by atoms with E-state index in [9.17, 15) is 22.8 Å². The minimum atomic E-state index is -4.42. The largest absolute Gasteiger partial charge is 0.416 e. The van der Waals surface area contributed by atoms with E-state index < -0.39 is 11.7 Å². The zero-order chi connectivity index (χ0) is 25.3. The molecular formula is C29H29F3N2O2. The maximum Gasteiger partial charge on any atom is 0.416 e. The molecule has 0 aromatic heterocycles. The first kappa shape index (κ1) is 24.4. The van der Waals surface area contributed by atoms with Gasteiger partial charge in [-0.15, -0.1) is 0 Å². The molecule has 4 saturated carbocycles. The molecule has 0 spiro atoms. The van der Waals surface area contributed by atoms with Crippen LogP contribution < -0.4 is 10.6 Å². The third-order valence-electron chi connectivity index (χ3n) is 7.95. The Balaban J connectivity index is 1.10. The smallest absolute Gasteiger partial charge is 0.352 e. The fraction of sp³-hybridized carbons (Fsp3) is 0.448. The molecule has 36 heavy (non-hydrogen) atoms. The number of carbonyl (C=O) groups is 2. The average molecular weight is 495 g/mol. The first-order valence-corrected chi connectivity index (χ1v) is 12.5. The average Bonchev–Trinajstić information content (AvgIpc) is 2.84. The molecule has 4 aliphatic rings. The summed E-state index contributed by atoms with van der Waals surface area (Å²) in [6.45, 7) is 0.447. The maximum atomic E-state index is 13.1. The van der Waals surface area contributed by atoms with Crippen molar-refractivity contribution in [1.82, 2.24) is 10.6 Å². The third-order valence-corrected chi connectivity index (χ3v) is 7.95. The van der Waals surface area contributed by atoms with Crippen molar-refractivity contribution in [3.05, 3.63) is 70.8 Å². The minimum Gasteiger partial charge on any atom is -0.352 e. The van der Waals surface area contributed by atoms with Gasteiger partial charge in [0.05, 0.1) is 12.1 Å². The van der Waals surface area contributed by atoms with Crippen molar-refractivity contribution in [3.8, 4) is 11.8 Å². The van der Waals surface area contributed by atoms with Crippen LogP contribution in [0.3, 0.4) is 0 Å². The van der Waals surface area contributed by atoms with Crippen molar-refractivity contribution >= 4 is 11.8 Å². The van der Waals surface area contributed by atoms with Crippen molar-refractivity contribution in [2.45, 2.75) is 51.2 Å². The quantitative estimate of drug-likeness (QED) is 0.553. The lowest BCUT2D eigenvalue weighted by Crippen LogP contribution is -2.53. The number of hydrogen-bond acceptors (Lipinski definition) is 2. The summed E-state index contributed by atoms with van der Waals surface area (Å²) < 4.78 is 38.4. The van der Waals surface area contributed by atoms with Crippen molar-refractivity contribution in [1.29, 1.82) is 0 Å². The van der Waals surface area contributed by atoms with Crippen LogP contribution >= 0.6 is 0 Å². The number of alkyl halides is 3. The summed E-state index contributed by atoms with van der Waals surface area (Å²) in [5, 5.41) is 5.80. The summed E-state index contributed by atoms with van der Waals surface area (Å²) in [6.07, 6.45) is 2.56. The molecule has 4 nitrogen and oxygen atoms in total. The number of hydrogen-bond donors (Lipinski definition) is 2. The molecule has 4 fully saturated rings. The summed E-state index contributed by atoms with van der Waals surface area (Å²) in [4.78, 5) is 25.5. The Morgan fingerprint density at radius 2 is 1.56 bits per heavy atom. The monoisotopic (exact) mass is 494 g/mol. The Bertz CT molecular complexity index is 1170. The first-order valence-electron chi connectivity index (χ1n) is 12.5. The van der Waals surface area contributed by atoms with E-state index in [1.54, 1.807) is 12.1 Å². The molecule has 0 saturated heterocycles. The molecule has 7 heteroatoms. The second-order valence-corrected chi connectivity index (χ2v) is 10.6. The van der Waals surface area contributed by atoms with Crippen LogP contribution in [0.5, 0.6) is 0 Å². The van der Waals surface area contributed by atoms with Gasteiger partial charge in [0, 0.05) is 23.1 Å². The Morgan fingerprint density at radius 3 is 2.17 bits per heavy atom. The Labute approximate surface area is 209 Å². The van der Waals surface area contributed by atoms with Crippen LogP contribution in [0.1, 0.15) is 65.6 Å². The standard InChI is InChI=1S/C29H29F3N2O2/c30-29(31,32)25-5-1-3-19(14-25)4-2-10-33-26(35)24-8-6-20(7-9-24)18-34-27(36)28-15-21-11-22(16-28)13-23(12-21)17-28/h1,3,5-9,14,21-23H,10-13,15-18H2,(H,33,35)(H,34,36). The van der Waals surface area contributed by atoms with Crippen LogP contribution in [0.2, 0.25) is 0 Å². The van der Waals surface area contributed by atoms with E-state index in [1.165, 1.54) is 31.4 Å². The van der Waals surface area contributed by atoms with Crippen molar-refractivity contribution in [3.63, 3.8) is 0 Å². The zero-order valence-electron chi connectivity index (χ0n) is 20.0. The molecule has 188 valence electrons. The number of nitrogens with one attached hydrogen (secondary N) is 2. The lowest BCUT2D eigenvalue weighted by Gasteiger charge is -2.55. The number of amides is 2. The van der Waals surface area contributed by atoms with E-state index in [2.05, 4.69) is 22.5 Å². The topological polar surface area (TPSA) is 58.2 Å². The van der Waals surface area contributed by atoms with Gasteiger partial charge >= 0.3 is 6.18 Å². The molecule has 0 atom stereocenters. The van der Waals surface area contributed by atoms with Gasteiger partial charge in [-0.1, -0.05) is 30.0 Å². The number of carbonyl (C=O) groups excluding carboxylic acids is 2. The molecule has 6 rings (SSSR count). The van der Waals surface area contributed by atoms with Crippen molar-refractivity contribution in [2.75, 3.05) is 6.54 Å². The van der Waals surface area contributed by atoms with Crippen LogP contribution in [0.15, 0.2) is 48.5 Å². The highest BCUT2D eigenvalue weighted by atomic mass is 19.4. The Kier molecular flexibility index (Phi) is 6.55. The van der Waals surface area contributed by atoms with Gasteiger partial charge in [-0.2, -0.15) is 13.2 Å². The Hall–Kier alpha value is -3.27. The normalized spacial score (nSPS) is 26.1. The van der Waals surface area contributed by atoms with Gasteiger partial charge < -0.3 is 10.6 Å². The molecular weight excluding hydrogens is 465 g/mol. The molecule has 2 aromatic carbocycles. The number of halogens is 3. The second kappa shape index (κ2) is 9.65. The molecule has 0 radical (unpaired) electrons. The van der Waals surface area contributed by atoms with Crippen LogP contribution in [0.25, 0.3) is 0 Å². The third kappa shape index (κ3) is 5.28. The zero-order valence-corrected chi connectivity index (χ0v) is 20.0. The molecule has 2 N–H and O–H groups in total. The highest BCUT2D eigenvalue weighted by Gasteiger charge is 2.54. The molecule has 4 aliphatic carbocycles. The van der Waals surface area contributed by atoms with E-state index in [-0.39, 0.29) is 29.3 Å². The van der Waals surface area contributed by atoms with Crippen LogP contribution in [0, 0.1) is 35.0 Å². The molecule has 0 aliphatic heterocycles.